The molecule has 0 amide bonds. The number of esters is 1. The fourth-order valence-corrected chi connectivity index (χ4v) is 3.31. The Bertz CT molecular complexity index is 588. The van der Waals surface area contributed by atoms with Crippen molar-refractivity contribution in [1.82, 2.24) is 0 Å². The van der Waals surface area contributed by atoms with Gasteiger partial charge in [0.15, 0.2) is 0 Å². The molecule has 0 unspecified atom stereocenters. The highest BCUT2D eigenvalue weighted by molar-refractivity contribution is 9.10. The van der Waals surface area contributed by atoms with Gasteiger partial charge in [-0.15, -0.1) is 0 Å². The SMILES string of the molecule is COCc1c(Br)cccc1NS(=O)(=O)CCCC(=O)OC. The monoisotopic (exact) mass is 379 g/mol. The van der Waals surface area contributed by atoms with Crippen molar-refractivity contribution in [3.8, 4) is 0 Å². The van der Waals surface area contributed by atoms with Gasteiger partial charge in [-0.1, -0.05) is 22.0 Å². The van der Waals surface area contributed by atoms with Crippen LogP contribution in [-0.2, 0) is 30.9 Å². The van der Waals surface area contributed by atoms with Crippen molar-refractivity contribution in [2.45, 2.75) is 19.4 Å². The van der Waals surface area contributed by atoms with Crippen LogP contribution >= 0.6 is 15.9 Å². The van der Waals surface area contributed by atoms with Crippen LogP contribution in [-0.4, -0.2) is 34.4 Å². The third kappa shape index (κ3) is 6.03. The Balaban J connectivity index is 2.75. The molecule has 0 radical (unpaired) electrons. The van der Waals surface area contributed by atoms with Crippen LogP contribution in [0.2, 0.25) is 0 Å². The highest BCUT2D eigenvalue weighted by Crippen LogP contribution is 2.26. The number of sulfonamides is 1. The maximum absolute atomic E-state index is 12.0. The predicted molar refractivity (Wildman–Crippen MR) is 83.5 cm³/mol. The molecule has 0 spiro atoms. The molecule has 0 saturated carbocycles. The third-order valence-corrected chi connectivity index (χ3v) is 4.79. The standard InChI is InChI=1S/C13H18BrNO5S/c1-19-9-10-11(14)5-3-6-12(10)15-21(17,18)8-4-7-13(16)20-2/h3,5-6,15H,4,7-9H2,1-2H3. The average Bonchev–Trinajstić information content (AvgIpc) is 2.42. The molecule has 0 aromatic heterocycles. The van der Waals surface area contributed by atoms with Gasteiger partial charge in [-0.05, 0) is 18.6 Å². The second-order valence-electron chi connectivity index (χ2n) is 4.30. The minimum atomic E-state index is -3.53. The summed E-state index contributed by atoms with van der Waals surface area (Å²) in [5.74, 6) is -0.575. The number of ether oxygens (including phenoxy) is 2. The van der Waals surface area contributed by atoms with Crippen molar-refractivity contribution < 1.29 is 22.7 Å². The Morgan fingerprint density at radius 1 is 1.33 bits per heavy atom. The number of rotatable bonds is 8. The van der Waals surface area contributed by atoms with Crippen molar-refractivity contribution in [3.63, 3.8) is 0 Å². The van der Waals surface area contributed by atoms with Gasteiger partial charge in [-0.2, -0.15) is 0 Å². The summed E-state index contributed by atoms with van der Waals surface area (Å²) in [7, 11) is -0.723. The minimum absolute atomic E-state index is 0.0703. The Morgan fingerprint density at radius 2 is 2.05 bits per heavy atom. The quantitative estimate of drug-likeness (QED) is 0.700. The van der Waals surface area contributed by atoms with E-state index in [-0.39, 0.29) is 25.2 Å². The van der Waals surface area contributed by atoms with Crippen molar-refractivity contribution >= 4 is 37.6 Å². The molecule has 0 aliphatic heterocycles. The van der Waals surface area contributed by atoms with E-state index in [1.54, 1.807) is 12.1 Å². The van der Waals surface area contributed by atoms with Crippen LogP contribution in [0.5, 0.6) is 0 Å². The van der Waals surface area contributed by atoms with Crippen LogP contribution in [0.1, 0.15) is 18.4 Å². The zero-order valence-electron chi connectivity index (χ0n) is 11.9. The molecule has 1 aromatic carbocycles. The normalized spacial score (nSPS) is 11.2. The van der Waals surface area contributed by atoms with Crippen LogP contribution in [0.25, 0.3) is 0 Å². The molecule has 0 aliphatic carbocycles. The molecule has 8 heteroatoms. The first kappa shape index (κ1) is 17.9. The van der Waals surface area contributed by atoms with E-state index < -0.39 is 16.0 Å². The predicted octanol–water partition coefficient (Wildman–Crippen LogP) is 2.29. The molecule has 0 saturated heterocycles. The molecule has 21 heavy (non-hydrogen) atoms. The summed E-state index contributed by atoms with van der Waals surface area (Å²) in [5, 5.41) is 0. The van der Waals surface area contributed by atoms with Crippen LogP contribution in [0.15, 0.2) is 22.7 Å². The van der Waals surface area contributed by atoms with Crippen molar-refractivity contribution in [1.29, 1.82) is 0 Å². The van der Waals surface area contributed by atoms with Gasteiger partial charge in [0.05, 0.1) is 25.2 Å². The van der Waals surface area contributed by atoms with Crippen LogP contribution in [0, 0.1) is 0 Å². The summed E-state index contributed by atoms with van der Waals surface area (Å²) in [6, 6.07) is 5.20. The maximum Gasteiger partial charge on any atom is 0.305 e. The molecule has 6 nitrogen and oxygen atoms in total. The number of anilines is 1. The average molecular weight is 380 g/mol. The Labute approximate surface area is 133 Å². The van der Waals surface area contributed by atoms with Crippen molar-refractivity contribution in [3.05, 3.63) is 28.2 Å². The number of benzene rings is 1. The highest BCUT2D eigenvalue weighted by Gasteiger charge is 2.15. The molecule has 1 aromatic rings. The van der Waals surface area contributed by atoms with Gasteiger partial charge in [-0.3, -0.25) is 9.52 Å². The number of nitrogens with one attached hydrogen (secondary N) is 1. The van der Waals surface area contributed by atoms with Crippen molar-refractivity contribution in [2.24, 2.45) is 0 Å². The van der Waals surface area contributed by atoms with E-state index >= 15 is 0 Å². The summed E-state index contributed by atoms with van der Waals surface area (Å²) in [6.07, 6.45) is 0.274. The molecular weight excluding hydrogens is 362 g/mol. The van der Waals surface area contributed by atoms with Gasteiger partial charge in [-0.25, -0.2) is 8.42 Å². The molecule has 1 N–H and O–H groups in total. The summed E-state index contributed by atoms with van der Waals surface area (Å²) in [5.41, 5.74) is 1.18. The number of hydrogen-bond donors (Lipinski definition) is 1. The molecule has 1 rings (SSSR count). The van der Waals surface area contributed by atoms with E-state index in [1.807, 2.05) is 6.07 Å². The fraction of sp³-hybridized carbons (Fsp3) is 0.462. The number of halogens is 1. The lowest BCUT2D eigenvalue weighted by Crippen LogP contribution is -2.18. The molecular formula is C13H18BrNO5S. The van der Waals surface area contributed by atoms with E-state index in [0.29, 0.717) is 5.69 Å². The van der Waals surface area contributed by atoms with Crippen LogP contribution < -0.4 is 4.72 Å². The van der Waals surface area contributed by atoms with Gasteiger partial charge < -0.3 is 9.47 Å². The van der Waals surface area contributed by atoms with E-state index in [1.165, 1.54) is 14.2 Å². The number of carbonyl (C=O) groups excluding carboxylic acids is 1. The molecule has 0 fully saturated rings. The van der Waals surface area contributed by atoms with Crippen LogP contribution in [0.4, 0.5) is 5.69 Å². The summed E-state index contributed by atoms with van der Waals surface area (Å²) in [6.45, 7) is 0.279. The van der Waals surface area contributed by atoms with Gasteiger partial charge in [0.25, 0.3) is 0 Å². The van der Waals surface area contributed by atoms with Gasteiger partial charge in [0.2, 0.25) is 10.0 Å². The van der Waals surface area contributed by atoms with E-state index in [4.69, 9.17) is 4.74 Å². The Hall–Kier alpha value is -1.12. The van der Waals surface area contributed by atoms with Gasteiger partial charge in [0.1, 0.15) is 0 Å². The third-order valence-electron chi connectivity index (χ3n) is 2.69. The minimum Gasteiger partial charge on any atom is -0.469 e. The summed E-state index contributed by atoms with van der Waals surface area (Å²) in [4.78, 5) is 11.0. The summed E-state index contributed by atoms with van der Waals surface area (Å²) < 4.78 is 36.9. The molecule has 0 atom stereocenters. The van der Waals surface area contributed by atoms with E-state index in [9.17, 15) is 13.2 Å². The lowest BCUT2D eigenvalue weighted by atomic mass is 10.2. The first-order valence-electron chi connectivity index (χ1n) is 6.23. The van der Waals surface area contributed by atoms with E-state index in [0.717, 1.165) is 10.0 Å². The summed E-state index contributed by atoms with van der Waals surface area (Å²) >= 11 is 3.36. The first-order valence-corrected chi connectivity index (χ1v) is 8.67. The second kappa shape index (κ2) is 8.35. The fourth-order valence-electron chi connectivity index (χ4n) is 1.67. The molecule has 0 bridgehead atoms. The van der Waals surface area contributed by atoms with Gasteiger partial charge in [0, 0.05) is 23.6 Å². The zero-order valence-corrected chi connectivity index (χ0v) is 14.3. The molecule has 118 valence electrons. The smallest absolute Gasteiger partial charge is 0.305 e. The number of methoxy groups -OCH3 is 2. The topological polar surface area (TPSA) is 81.7 Å². The molecule has 0 heterocycles. The first-order chi connectivity index (χ1) is 9.89. The maximum atomic E-state index is 12.0. The van der Waals surface area contributed by atoms with Crippen LogP contribution in [0.3, 0.4) is 0 Å². The van der Waals surface area contributed by atoms with Gasteiger partial charge >= 0.3 is 5.97 Å². The van der Waals surface area contributed by atoms with Crippen molar-refractivity contribution in [2.75, 3.05) is 24.7 Å². The zero-order chi connectivity index (χ0) is 15.9. The lowest BCUT2D eigenvalue weighted by molar-refractivity contribution is -0.140. The highest BCUT2D eigenvalue weighted by atomic mass is 79.9. The molecule has 0 aliphatic rings. The second-order valence-corrected chi connectivity index (χ2v) is 7.00. The number of hydrogen-bond acceptors (Lipinski definition) is 5. The largest absolute Gasteiger partial charge is 0.469 e. The number of carbonyl (C=O) groups is 1. The van der Waals surface area contributed by atoms with E-state index in [2.05, 4.69) is 25.4 Å². The lowest BCUT2D eigenvalue weighted by Gasteiger charge is -2.13. The Kier molecular flexibility index (Phi) is 7.13. The Morgan fingerprint density at radius 3 is 2.67 bits per heavy atom.